The van der Waals surface area contributed by atoms with Gasteiger partial charge in [0.25, 0.3) is 0 Å². The fraction of sp³-hybridized carbons (Fsp3) is 0.667. The van der Waals surface area contributed by atoms with E-state index in [2.05, 4.69) is 6.58 Å². The summed E-state index contributed by atoms with van der Waals surface area (Å²) in [6, 6.07) is 0. The van der Waals surface area contributed by atoms with Gasteiger partial charge in [0, 0.05) is 0 Å². The summed E-state index contributed by atoms with van der Waals surface area (Å²) in [4.78, 5) is 0. The van der Waals surface area contributed by atoms with E-state index in [1.165, 1.54) is 0 Å². The lowest BCUT2D eigenvalue weighted by molar-refractivity contribution is 0.0351. The van der Waals surface area contributed by atoms with Crippen LogP contribution in [0.5, 0.6) is 0 Å². The highest BCUT2D eigenvalue weighted by Gasteiger charge is 2.00. The van der Waals surface area contributed by atoms with Crippen LogP contribution >= 0.6 is 0 Å². The Morgan fingerprint density at radius 3 is 2.89 bits per heavy atom. The molecule has 0 aromatic rings. The molecule has 0 aliphatic heterocycles. The van der Waals surface area contributed by atoms with Crippen LogP contribution in [0.1, 0.15) is 0 Å². The molecule has 54 valence electrons. The number of ether oxygens (including phenoxy) is 1. The van der Waals surface area contributed by atoms with Gasteiger partial charge in [-0.1, -0.05) is 6.08 Å². The van der Waals surface area contributed by atoms with Crippen LogP contribution in [0.2, 0.25) is 0 Å². The van der Waals surface area contributed by atoms with Crippen molar-refractivity contribution in [2.24, 2.45) is 0 Å². The number of aliphatic hydroxyl groups is 1. The van der Waals surface area contributed by atoms with Gasteiger partial charge in [-0.2, -0.15) is 0 Å². The van der Waals surface area contributed by atoms with Gasteiger partial charge < -0.3 is 9.84 Å². The van der Waals surface area contributed by atoms with Gasteiger partial charge in [0.15, 0.2) is 0 Å². The van der Waals surface area contributed by atoms with Gasteiger partial charge in [-0.15, -0.1) is 6.58 Å². The highest BCUT2D eigenvalue weighted by Crippen LogP contribution is 1.85. The van der Waals surface area contributed by atoms with Gasteiger partial charge in [-0.3, -0.25) is 0 Å². The van der Waals surface area contributed by atoms with Gasteiger partial charge in [0.05, 0.1) is 13.2 Å². The Morgan fingerprint density at radius 1 is 1.78 bits per heavy atom. The van der Waals surface area contributed by atoms with E-state index in [1.54, 1.807) is 6.08 Å². The average molecular weight is 134 g/mol. The molecule has 0 rings (SSSR count). The molecule has 0 saturated heterocycles. The van der Waals surface area contributed by atoms with E-state index in [-0.39, 0.29) is 6.61 Å². The third-order valence-electron chi connectivity index (χ3n) is 0.724. The fourth-order valence-electron chi connectivity index (χ4n) is 0.332. The van der Waals surface area contributed by atoms with Crippen LogP contribution in [0.15, 0.2) is 12.7 Å². The van der Waals surface area contributed by atoms with Crippen molar-refractivity contribution in [2.45, 2.75) is 6.10 Å². The zero-order valence-electron chi connectivity index (χ0n) is 5.22. The molecule has 0 aliphatic rings. The van der Waals surface area contributed by atoms with Gasteiger partial charge in [0.2, 0.25) is 0 Å². The summed E-state index contributed by atoms with van der Waals surface area (Å²) in [6.07, 6.45) is 0.565. The van der Waals surface area contributed by atoms with Crippen molar-refractivity contribution in [1.82, 2.24) is 0 Å². The summed E-state index contributed by atoms with van der Waals surface area (Å²) in [5.41, 5.74) is 0. The summed E-state index contributed by atoms with van der Waals surface area (Å²) >= 11 is 0. The van der Waals surface area contributed by atoms with Crippen molar-refractivity contribution in [3.8, 4) is 0 Å². The lowest BCUT2D eigenvalue weighted by Gasteiger charge is -2.03. The minimum atomic E-state index is -0.982. The number of hydrogen-bond donors (Lipinski definition) is 1. The Kier molecular flexibility index (Phi) is 5.46. The normalized spacial score (nSPS) is 13.1. The number of hydrogen-bond acceptors (Lipinski definition) is 2. The zero-order chi connectivity index (χ0) is 7.11. The summed E-state index contributed by atoms with van der Waals surface area (Å²) < 4.78 is 16.2. The van der Waals surface area contributed by atoms with Crippen molar-refractivity contribution in [3.63, 3.8) is 0 Å². The molecule has 0 heterocycles. The molecule has 0 radical (unpaired) electrons. The van der Waals surface area contributed by atoms with Crippen LogP contribution in [0.25, 0.3) is 0 Å². The largest absolute Gasteiger partial charge is 0.388 e. The minimum absolute atomic E-state index is 0.0442. The molecule has 1 unspecified atom stereocenters. The first kappa shape index (κ1) is 8.59. The molecule has 9 heavy (non-hydrogen) atoms. The third-order valence-corrected chi connectivity index (χ3v) is 0.724. The Bertz CT molecular complexity index is 75.5. The summed E-state index contributed by atoms with van der Waals surface area (Å²) in [7, 11) is 0. The minimum Gasteiger partial charge on any atom is -0.388 e. The van der Waals surface area contributed by atoms with E-state index in [1.807, 2.05) is 0 Å². The Balaban J connectivity index is 2.96. The number of halogens is 1. The molecule has 0 spiro atoms. The van der Waals surface area contributed by atoms with Crippen molar-refractivity contribution in [1.29, 1.82) is 0 Å². The van der Waals surface area contributed by atoms with Crippen LogP contribution in [0.3, 0.4) is 0 Å². The SMILES string of the molecule is C=CCOCC(O)CF. The quantitative estimate of drug-likeness (QED) is 0.438. The van der Waals surface area contributed by atoms with Gasteiger partial charge in [-0.25, -0.2) is 4.39 Å². The van der Waals surface area contributed by atoms with E-state index < -0.39 is 12.8 Å². The van der Waals surface area contributed by atoms with Gasteiger partial charge >= 0.3 is 0 Å². The van der Waals surface area contributed by atoms with E-state index in [9.17, 15) is 4.39 Å². The number of rotatable bonds is 5. The van der Waals surface area contributed by atoms with Gasteiger partial charge in [0.1, 0.15) is 12.8 Å². The maximum Gasteiger partial charge on any atom is 0.118 e. The highest BCUT2D eigenvalue weighted by atomic mass is 19.1. The predicted molar refractivity (Wildman–Crippen MR) is 33.0 cm³/mol. The van der Waals surface area contributed by atoms with E-state index >= 15 is 0 Å². The lowest BCUT2D eigenvalue weighted by atomic mass is 10.4. The molecule has 1 atom stereocenters. The van der Waals surface area contributed by atoms with E-state index in [4.69, 9.17) is 9.84 Å². The summed E-state index contributed by atoms with van der Waals surface area (Å²) in [5, 5.41) is 8.55. The molecule has 0 aromatic carbocycles. The van der Waals surface area contributed by atoms with Crippen LogP contribution in [0, 0.1) is 0 Å². The maximum absolute atomic E-state index is 11.5. The first-order chi connectivity index (χ1) is 4.31. The monoisotopic (exact) mass is 134 g/mol. The summed E-state index contributed by atoms with van der Waals surface area (Å²) in [6.45, 7) is 3.03. The fourth-order valence-corrected chi connectivity index (χ4v) is 0.332. The second-order valence-corrected chi connectivity index (χ2v) is 1.63. The van der Waals surface area contributed by atoms with Crippen LogP contribution in [0.4, 0.5) is 4.39 Å². The van der Waals surface area contributed by atoms with E-state index in [0.29, 0.717) is 6.61 Å². The number of aliphatic hydroxyl groups excluding tert-OH is 1. The molecule has 1 N–H and O–H groups in total. The third kappa shape index (κ3) is 5.46. The summed E-state index contributed by atoms with van der Waals surface area (Å²) in [5.74, 6) is 0. The van der Waals surface area contributed by atoms with Gasteiger partial charge in [-0.05, 0) is 0 Å². The smallest absolute Gasteiger partial charge is 0.118 e. The molecule has 3 heteroatoms. The topological polar surface area (TPSA) is 29.5 Å². The second-order valence-electron chi connectivity index (χ2n) is 1.63. The van der Waals surface area contributed by atoms with Crippen LogP contribution in [-0.2, 0) is 4.74 Å². The van der Waals surface area contributed by atoms with Crippen molar-refractivity contribution < 1.29 is 14.2 Å². The molecule has 0 saturated carbocycles. The first-order valence-corrected chi connectivity index (χ1v) is 2.74. The molecule has 2 nitrogen and oxygen atoms in total. The standard InChI is InChI=1S/C6H11FO2/c1-2-3-9-5-6(8)4-7/h2,6,8H,1,3-5H2. The molecule has 0 aliphatic carbocycles. The van der Waals surface area contributed by atoms with Crippen molar-refractivity contribution in [3.05, 3.63) is 12.7 Å². The predicted octanol–water partition coefficient (Wildman–Crippen LogP) is 0.519. The maximum atomic E-state index is 11.5. The molecule has 0 bridgehead atoms. The van der Waals surface area contributed by atoms with Crippen LogP contribution < -0.4 is 0 Å². The molecule has 0 fully saturated rings. The Hall–Kier alpha value is -0.410. The zero-order valence-corrected chi connectivity index (χ0v) is 5.22. The Labute approximate surface area is 53.9 Å². The molecular weight excluding hydrogens is 123 g/mol. The molecule has 0 amide bonds. The van der Waals surface area contributed by atoms with Crippen molar-refractivity contribution in [2.75, 3.05) is 19.9 Å². The van der Waals surface area contributed by atoms with E-state index in [0.717, 1.165) is 0 Å². The molecule has 0 aromatic heterocycles. The lowest BCUT2D eigenvalue weighted by Crippen LogP contribution is -2.16. The van der Waals surface area contributed by atoms with Crippen LogP contribution in [-0.4, -0.2) is 31.1 Å². The van der Waals surface area contributed by atoms with Crippen molar-refractivity contribution >= 4 is 0 Å². The average Bonchev–Trinajstić information content (AvgIpc) is 1.89. The first-order valence-electron chi connectivity index (χ1n) is 2.74. The number of alkyl halides is 1. The Morgan fingerprint density at radius 2 is 2.44 bits per heavy atom. The molecular formula is C6H11FO2. The second kappa shape index (κ2) is 5.72. The highest BCUT2D eigenvalue weighted by molar-refractivity contribution is 4.64.